The van der Waals surface area contributed by atoms with E-state index >= 15 is 0 Å². The molecular formula is C9H23N3O2. The van der Waals surface area contributed by atoms with Crippen LogP contribution in [-0.2, 0) is 9.47 Å². The third kappa shape index (κ3) is 8.40. The van der Waals surface area contributed by atoms with Crippen molar-refractivity contribution in [3.63, 3.8) is 0 Å². The van der Waals surface area contributed by atoms with Gasteiger partial charge < -0.3 is 20.9 Å². The average molecular weight is 205 g/mol. The summed E-state index contributed by atoms with van der Waals surface area (Å²) in [6.45, 7) is 4.06. The summed E-state index contributed by atoms with van der Waals surface area (Å²) in [5.41, 5.74) is 11.0. The molecule has 0 radical (unpaired) electrons. The molecule has 0 saturated carbocycles. The summed E-state index contributed by atoms with van der Waals surface area (Å²) < 4.78 is 10.2. The van der Waals surface area contributed by atoms with Gasteiger partial charge in [-0.3, -0.25) is 5.32 Å². The molecule has 5 nitrogen and oxygen atoms in total. The number of methoxy groups -OCH3 is 1. The second kappa shape index (κ2) is 10.9. The van der Waals surface area contributed by atoms with E-state index in [1.807, 2.05) is 0 Å². The van der Waals surface area contributed by atoms with Gasteiger partial charge in [-0.25, -0.2) is 0 Å². The monoisotopic (exact) mass is 205 g/mol. The van der Waals surface area contributed by atoms with Gasteiger partial charge in [-0.05, 0) is 25.4 Å². The highest BCUT2D eigenvalue weighted by Crippen LogP contribution is 1.97. The predicted octanol–water partition coefficient (Wildman–Crippen LogP) is -0.880. The Morgan fingerprint density at radius 1 is 1.21 bits per heavy atom. The van der Waals surface area contributed by atoms with Gasteiger partial charge in [0.1, 0.15) is 0 Å². The van der Waals surface area contributed by atoms with Gasteiger partial charge in [0, 0.05) is 20.3 Å². The van der Waals surface area contributed by atoms with Crippen LogP contribution in [0, 0.1) is 5.92 Å². The molecule has 0 aliphatic rings. The minimum atomic E-state index is 0.383. The Kier molecular flexibility index (Phi) is 10.7. The Morgan fingerprint density at radius 2 is 1.93 bits per heavy atom. The molecule has 0 aromatic heterocycles. The zero-order valence-electron chi connectivity index (χ0n) is 9.00. The molecule has 0 amide bonds. The summed E-state index contributed by atoms with van der Waals surface area (Å²) in [7, 11) is 1.68. The van der Waals surface area contributed by atoms with Crippen molar-refractivity contribution < 1.29 is 9.47 Å². The minimum Gasteiger partial charge on any atom is -0.383 e. The molecule has 0 aromatic rings. The van der Waals surface area contributed by atoms with Gasteiger partial charge in [-0.2, -0.15) is 0 Å². The van der Waals surface area contributed by atoms with Gasteiger partial charge in [0.2, 0.25) is 0 Å². The zero-order valence-corrected chi connectivity index (χ0v) is 9.00. The van der Waals surface area contributed by atoms with E-state index in [1.54, 1.807) is 7.11 Å². The van der Waals surface area contributed by atoms with Gasteiger partial charge in [-0.1, -0.05) is 0 Å². The lowest BCUT2D eigenvalue weighted by molar-refractivity contribution is 0.0975. The summed E-state index contributed by atoms with van der Waals surface area (Å²) >= 11 is 0. The highest BCUT2D eigenvalue weighted by atomic mass is 16.5. The highest BCUT2D eigenvalue weighted by Gasteiger charge is 2.02. The molecule has 0 fully saturated rings. The number of rotatable bonds is 10. The normalized spacial score (nSPS) is 11.1. The standard InChI is InChI=1S/C9H23N3O2/c1-13-5-3-12-8-14-4-2-9(6-10)7-11/h9,12H,2-8,10-11H2,1H3. The Bertz CT molecular complexity index is 110. The molecule has 0 unspecified atom stereocenters. The van der Waals surface area contributed by atoms with E-state index in [4.69, 9.17) is 20.9 Å². The van der Waals surface area contributed by atoms with Crippen molar-refractivity contribution in [3.05, 3.63) is 0 Å². The molecule has 86 valence electrons. The minimum absolute atomic E-state index is 0.383. The first-order valence-electron chi connectivity index (χ1n) is 5.02. The Labute approximate surface area is 86.1 Å². The van der Waals surface area contributed by atoms with Crippen molar-refractivity contribution in [2.45, 2.75) is 6.42 Å². The fourth-order valence-corrected chi connectivity index (χ4v) is 0.973. The summed E-state index contributed by atoms with van der Waals surface area (Å²) in [4.78, 5) is 0. The lowest BCUT2D eigenvalue weighted by Crippen LogP contribution is -2.26. The molecule has 0 aliphatic heterocycles. The van der Waals surface area contributed by atoms with Gasteiger partial charge >= 0.3 is 0 Å². The molecular weight excluding hydrogens is 182 g/mol. The van der Waals surface area contributed by atoms with Crippen molar-refractivity contribution in [1.82, 2.24) is 5.32 Å². The Hall–Kier alpha value is -0.200. The first-order valence-corrected chi connectivity index (χ1v) is 5.02. The first kappa shape index (κ1) is 13.8. The van der Waals surface area contributed by atoms with Crippen molar-refractivity contribution in [3.8, 4) is 0 Å². The van der Waals surface area contributed by atoms with Crippen LogP contribution in [0.25, 0.3) is 0 Å². The van der Waals surface area contributed by atoms with Gasteiger partial charge in [-0.15, -0.1) is 0 Å². The third-order valence-electron chi connectivity index (χ3n) is 2.02. The first-order chi connectivity index (χ1) is 6.85. The van der Waals surface area contributed by atoms with E-state index in [-0.39, 0.29) is 0 Å². The molecule has 14 heavy (non-hydrogen) atoms. The number of nitrogens with two attached hydrogens (primary N) is 2. The maximum absolute atomic E-state index is 5.50. The second-order valence-electron chi connectivity index (χ2n) is 3.17. The fourth-order valence-electron chi connectivity index (χ4n) is 0.973. The van der Waals surface area contributed by atoms with Crippen LogP contribution in [0.5, 0.6) is 0 Å². The Balaban J connectivity index is 3.04. The maximum Gasteiger partial charge on any atom is 0.0966 e. The third-order valence-corrected chi connectivity index (χ3v) is 2.02. The molecule has 0 aromatic carbocycles. The molecule has 5 heteroatoms. The van der Waals surface area contributed by atoms with Gasteiger partial charge in [0.25, 0.3) is 0 Å². The molecule has 0 atom stereocenters. The smallest absolute Gasteiger partial charge is 0.0966 e. The molecule has 0 spiro atoms. The maximum atomic E-state index is 5.50. The quantitative estimate of drug-likeness (QED) is 0.319. The van der Waals surface area contributed by atoms with Crippen molar-refractivity contribution in [2.75, 3.05) is 46.7 Å². The summed E-state index contributed by atoms with van der Waals surface area (Å²) in [6, 6.07) is 0. The number of nitrogens with one attached hydrogen (secondary N) is 1. The lowest BCUT2D eigenvalue weighted by Gasteiger charge is -2.12. The van der Waals surface area contributed by atoms with E-state index in [1.165, 1.54) is 0 Å². The predicted molar refractivity (Wildman–Crippen MR) is 56.9 cm³/mol. The zero-order chi connectivity index (χ0) is 10.6. The van der Waals surface area contributed by atoms with Crippen LogP contribution < -0.4 is 16.8 Å². The van der Waals surface area contributed by atoms with Crippen molar-refractivity contribution >= 4 is 0 Å². The molecule has 0 aliphatic carbocycles. The van der Waals surface area contributed by atoms with E-state index in [0.717, 1.165) is 13.0 Å². The van der Waals surface area contributed by atoms with Gasteiger partial charge in [0.05, 0.1) is 13.3 Å². The molecule has 0 saturated heterocycles. The summed E-state index contributed by atoms with van der Waals surface area (Å²) in [6.07, 6.45) is 0.930. The van der Waals surface area contributed by atoms with Crippen LogP contribution in [0.3, 0.4) is 0 Å². The van der Waals surface area contributed by atoms with Crippen molar-refractivity contribution in [1.29, 1.82) is 0 Å². The van der Waals surface area contributed by atoms with E-state index < -0.39 is 0 Å². The van der Waals surface area contributed by atoms with E-state index in [0.29, 0.717) is 39.0 Å². The average Bonchev–Trinajstić information content (AvgIpc) is 2.22. The van der Waals surface area contributed by atoms with Crippen LogP contribution in [0.4, 0.5) is 0 Å². The molecule has 0 heterocycles. The summed E-state index contributed by atoms with van der Waals surface area (Å²) in [5, 5.41) is 3.09. The largest absolute Gasteiger partial charge is 0.383 e. The second-order valence-corrected chi connectivity index (χ2v) is 3.17. The van der Waals surface area contributed by atoms with Crippen LogP contribution in [0.2, 0.25) is 0 Å². The SMILES string of the molecule is COCCNCOCCC(CN)CN. The highest BCUT2D eigenvalue weighted by molar-refractivity contribution is 4.59. The Morgan fingerprint density at radius 3 is 2.50 bits per heavy atom. The number of ether oxygens (including phenoxy) is 2. The number of hydrogen-bond donors (Lipinski definition) is 3. The van der Waals surface area contributed by atoms with Crippen LogP contribution >= 0.6 is 0 Å². The fraction of sp³-hybridized carbons (Fsp3) is 1.00. The number of hydrogen-bond acceptors (Lipinski definition) is 5. The topological polar surface area (TPSA) is 82.5 Å². The van der Waals surface area contributed by atoms with E-state index in [2.05, 4.69) is 5.32 Å². The van der Waals surface area contributed by atoms with Crippen LogP contribution in [-0.4, -0.2) is 46.7 Å². The van der Waals surface area contributed by atoms with Crippen LogP contribution in [0.15, 0.2) is 0 Å². The van der Waals surface area contributed by atoms with Gasteiger partial charge in [0.15, 0.2) is 0 Å². The van der Waals surface area contributed by atoms with E-state index in [9.17, 15) is 0 Å². The summed E-state index contributed by atoms with van der Waals surface area (Å²) in [5.74, 6) is 0.383. The molecule has 0 bridgehead atoms. The van der Waals surface area contributed by atoms with Crippen LogP contribution in [0.1, 0.15) is 6.42 Å². The molecule has 5 N–H and O–H groups in total. The molecule has 0 rings (SSSR count). The lowest BCUT2D eigenvalue weighted by atomic mass is 10.1. The van der Waals surface area contributed by atoms with Crippen molar-refractivity contribution in [2.24, 2.45) is 17.4 Å².